The summed E-state index contributed by atoms with van der Waals surface area (Å²) in [7, 11) is 2.15. The Bertz CT molecular complexity index is 1190. The predicted molar refractivity (Wildman–Crippen MR) is 138 cm³/mol. The maximum Gasteiger partial charge on any atom is 0.222 e. The summed E-state index contributed by atoms with van der Waals surface area (Å²) in [5.74, 6) is 1.22. The van der Waals surface area contributed by atoms with Crippen molar-refractivity contribution in [3.63, 3.8) is 0 Å². The van der Waals surface area contributed by atoms with Gasteiger partial charge in [-0.15, -0.1) is 0 Å². The average Bonchev–Trinajstić information content (AvgIpc) is 2.85. The zero-order valence-electron chi connectivity index (χ0n) is 19.5. The summed E-state index contributed by atoms with van der Waals surface area (Å²) in [5.41, 5.74) is 12.9. The Balaban J connectivity index is 1.34. The number of benzene rings is 1. The number of rotatable bonds is 5. The minimum Gasteiger partial charge on any atom is -0.370 e. The fourth-order valence-electron chi connectivity index (χ4n) is 4.64. The summed E-state index contributed by atoms with van der Waals surface area (Å²) < 4.78 is 0. The van der Waals surface area contributed by atoms with E-state index < -0.39 is 0 Å². The highest BCUT2D eigenvalue weighted by Gasteiger charge is 2.20. The first-order valence-corrected chi connectivity index (χ1v) is 12.1. The van der Waals surface area contributed by atoms with Gasteiger partial charge in [-0.25, -0.2) is 9.97 Å². The van der Waals surface area contributed by atoms with Crippen LogP contribution in [0.1, 0.15) is 16.7 Å². The Hall–Kier alpha value is -3.16. The number of halogens is 1. The third kappa shape index (κ3) is 5.00. The molecular weight excluding hydrogens is 446 g/mol. The Kier molecular flexibility index (Phi) is 6.39. The standard InChI is InChI=1S/C26H30ClN7/c1-18(13-19-3-6-24(27)29-16-19)34-8-7-20-4-5-21(14-22(20)17-34)23-15-25(31-26(28)30-23)33-11-9-32(2)10-12-33/h3-6,14-16H,1,7-13,17H2,2H3,(H2,28,30,31). The van der Waals surface area contributed by atoms with Crippen LogP contribution in [-0.2, 0) is 19.4 Å². The van der Waals surface area contributed by atoms with E-state index in [1.807, 2.05) is 18.3 Å². The van der Waals surface area contributed by atoms with Crippen molar-refractivity contribution < 1.29 is 0 Å². The lowest BCUT2D eigenvalue weighted by Gasteiger charge is -2.33. The number of nitrogens with zero attached hydrogens (tertiary/aromatic N) is 6. The second-order valence-electron chi connectivity index (χ2n) is 9.15. The van der Waals surface area contributed by atoms with Crippen molar-refractivity contribution in [1.29, 1.82) is 0 Å². The molecule has 2 N–H and O–H groups in total. The Morgan fingerprint density at radius 3 is 2.62 bits per heavy atom. The minimum atomic E-state index is 0.315. The van der Waals surface area contributed by atoms with E-state index >= 15 is 0 Å². The Morgan fingerprint density at radius 1 is 1.03 bits per heavy atom. The molecule has 0 spiro atoms. The van der Waals surface area contributed by atoms with E-state index in [0.29, 0.717) is 11.1 Å². The van der Waals surface area contributed by atoms with Crippen LogP contribution >= 0.6 is 11.6 Å². The zero-order chi connectivity index (χ0) is 23.7. The molecule has 0 bridgehead atoms. The Morgan fingerprint density at radius 2 is 1.85 bits per heavy atom. The lowest BCUT2D eigenvalue weighted by Crippen LogP contribution is -2.44. The first-order valence-electron chi connectivity index (χ1n) is 11.7. The predicted octanol–water partition coefficient (Wildman–Crippen LogP) is 3.64. The van der Waals surface area contributed by atoms with Gasteiger partial charge in [-0.3, -0.25) is 0 Å². The van der Waals surface area contributed by atoms with E-state index in [1.54, 1.807) is 0 Å². The molecule has 34 heavy (non-hydrogen) atoms. The van der Waals surface area contributed by atoms with Crippen molar-refractivity contribution in [2.45, 2.75) is 19.4 Å². The van der Waals surface area contributed by atoms with Gasteiger partial charge in [0.2, 0.25) is 5.95 Å². The molecular formula is C26H30ClN7. The number of hydrogen-bond acceptors (Lipinski definition) is 7. The van der Waals surface area contributed by atoms with Crippen molar-refractivity contribution in [3.8, 4) is 11.3 Å². The number of aromatic nitrogens is 3. The molecule has 1 saturated heterocycles. The lowest BCUT2D eigenvalue weighted by molar-refractivity contribution is 0.312. The number of likely N-dealkylation sites (N-methyl/N-ethyl adjacent to an activating group) is 1. The third-order valence-electron chi connectivity index (χ3n) is 6.72. The molecule has 0 amide bonds. The van der Waals surface area contributed by atoms with Crippen LogP contribution in [0.15, 0.2) is 54.9 Å². The van der Waals surface area contributed by atoms with Crippen LogP contribution in [0.5, 0.6) is 0 Å². The van der Waals surface area contributed by atoms with Crippen molar-refractivity contribution in [1.82, 2.24) is 24.8 Å². The third-order valence-corrected chi connectivity index (χ3v) is 6.94. The van der Waals surface area contributed by atoms with E-state index in [4.69, 9.17) is 17.3 Å². The summed E-state index contributed by atoms with van der Waals surface area (Å²) in [6.07, 6.45) is 3.57. The summed E-state index contributed by atoms with van der Waals surface area (Å²) >= 11 is 5.92. The molecule has 2 aliphatic heterocycles. The number of nitrogens with two attached hydrogens (primary N) is 1. The van der Waals surface area contributed by atoms with Gasteiger partial charge in [0.05, 0.1) is 5.69 Å². The minimum absolute atomic E-state index is 0.315. The highest BCUT2D eigenvalue weighted by Crippen LogP contribution is 2.29. The summed E-state index contributed by atoms with van der Waals surface area (Å²) in [4.78, 5) is 20.2. The van der Waals surface area contributed by atoms with Crippen molar-refractivity contribution in [3.05, 3.63) is 76.7 Å². The topological polar surface area (TPSA) is 74.4 Å². The normalized spacial score (nSPS) is 16.4. The first-order chi connectivity index (χ1) is 16.4. The average molecular weight is 476 g/mol. The van der Waals surface area contributed by atoms with Gasteiger partial charge in [0.15, 0.2) is 0 Å². The molecule has 0 unspecified atom stereocenters. The van der Waals surface area contributed by atoms with E-state index in [1.165, 1.54) is 11.1 Å². The fourth-order valence-corrected chi connectivity index (χ4v) is 4.75. The Labute approximate surface area is 205 Å². The number of pyridine rings is 1. The maximum atomic E-state index is 6.12. The maximum absolute atomic E-state index is 6.12. The fraction of sp³-hybridized carbons (Fsp3) is 0.346. The molecule has 7 nitrogen and oxygen atoms in total. The largest absolute Gasteiger partial charge is 0.370 e. The van der Waals surface area contributed by atoms with Crippen LogP contribution < -0.4 is 10.6 Å². The van der Waals surface area contributed by atoms with Gasteiger partial charge in [0.1, 0.15) is 11.0 Å². The molecule has 0 atom stereocenters. The molecule has 0 saturated carbocycles. The van der Waals surface area contributed by atoms with Gasteiger partial charge in [0.25, 0.3) is 0 Å². The van der Waals surface area contributed by atoms with Crippen LogP contribution in [0.4, 0.5) is 11.8 Å². The highest BCUT2D eigenvalue weighted by atomic mass is 35.5. The molecule has 3 aromatic rings. The lowest BCUT2D eigenvalue weighted by atomic mass is 9.95. The molecule has 176 valence electrons. The van der Waals surface area contributed by atoms with Crippen LogP contribution in [0.25, 0.3) is 11.3 Å². The van der Waals surface area contributed by atoms with Gasteiger partial charge in [-0.05, 0) is 42.3 Å². The molecule has 4 heterocycles. The number of piperazine rings is 1. The summed E-state index contributed by atoms with van der Waals surface area (Å²) in [5, 5.41) is 0.509. The monoisotopic (exact) mass is 475 g/mol. The number of hydrogen-bond donors (Lipinski definition) is 1. The second-order valence-corrected chi connectivity index (χ2v) is 9.53. The van der Waals surface area contributed by atoms with Gasteiger partial charge in [-0.2, -0.15) is 4.98 Å². The van der Waals surface area contributed by atoms with Crippen molar-refractivity contribution in [2.24, 2.45) is 0 Å². The smallest absolute Gasteiger partial charge is 0.222 e. The van der Waals surface area contributed by atoms with E-state index in [2.05, 4.69) is 67.5 Å². The number of allylic oxidation sites excluding steroid dienone is 1. The molecule has 5 rings (SSSR count). The summed E-state index contributed by atoms with van der Waals surface area (Å²) in [6.45, 7) is 10.1. The van der Waals surface area contributed by atoms with E-state index in [0.717, 1.165) is 80.4 Å². The number of nitrogen functional groups attached to an aromatic ring is 1. The molecule has 1 fully saturated rings. The quantitative estimate of drug-likeness (QED) is 0.564. The number of fused-ring (bicyclic) bond motifs is 1. The van der Waals surface area contributed by atoms with Crippen molar-refractivity contribution in [2.75, 3.05) is 50.4 Å². The van der Waals surface area contributed by atoms with E-state index in [9.17, 15) is 0 Å². The first kappa shape index (κ1) is 22.6. The SMILES string of the molecule is C=C(Cc1ccc(Cl)nc1)N1CCc2ccc(-c3cc(N4CCN(C)CC4)nc(N)n3)cc2C1. The van der Waals surface area contributed by atoms with Crippen LogP contribution in [0, 0.1) is 0 Å². The van der Waals surface area contributed by atoms with Crippen LogP contribution in [0.3, 0.4) is 0 Å². The van der Waals surface area contributed by atoms with E-state index in [-0.39, 0.29) is 0 Å². The van der Waals surface area contributed by atoms with Crippen molar-refractivity contribution >= 4 is 23.4 Å². The molecule has 0 aliphatic carbocycles. The molecule has 0 radical (unpaired) electrons. The molecule has 8 heteroatoms. The van der Waals surface area contributed by atoms with Gasteiger partial charge < -0.3 is 20.4 Å². The molecule has 2 aliphatic rings. The zero-order valence-corrected chi connectivity index (χ0v) is 20.3. The second kappa shape index (κ2) is 9.60. The van der Waals surface area contributed by atoms with Gasteiger partial charge >= 0.3 is 0 Å². The highest BCUT2D eigenvalue weighted by molar-refractivity contribution is 6.29. The van der Waals surface area contributed by atoms with Gasteiger partial charge in [0, 0.05) is 69.2 Å². The van der Waals surface area contributed by atoms with Crippen LogP contribution in [0.2, 0.25) is 5.15 Å². The summed E-state index contributed by atoms with van der Waals surface area (Å²) in [6, 6.07) is 12.5. The van der Waals surface area contributed by atoms with Gasteiger partial charge in [-0.1, -0.05) is 36.4 Å². The van der Waals surface area contributed by atoms with Crippen LogP contribution in [-0.4, -0.2) is 64.5 Å². The number of anilines is 2. The molecule has 1 aromatic carbocycles. The molecule has 2 aromatic heterocycles.